The van der Waals surface area contributed by atoms with E-state index < -0.39 is 0 Å². The summed E-state index contributed by atoms with van der Waals surface area (Å²) in [4.78, 5) is 14.2. The molecule has 0 unspecified atom stereocenters. The summed E-state index contributed by atoms with van der Waals surface area (Å²) in [6.45, 7) is 2.46. The van der Waals surface area contributed by atoms with E-state index in [1.807, 2.05) is 37.3 Å². The lowest BCUT2D eigenvalue weighted by atomic mass is 10.2. The maximum Gasteiger partial charge on any atom is 0.326 e. The SMILES string of the molecule is CCN(C(=O)Nc1cc(OC)c(OC)c(OC)c1)c1ccccc1. The number of nitrogens with zero attached hydrogens (tertiary/aromatic N) is 1. The van der Waals surface area contributed by atoms with Gasteiger partial charge >= 0.3 is 6.03 Å². The van der Waals surface area contributed by atoms with Crippen LogP contribution in [0.5, 0.6) is 17.2 Å². The Morgan fingerprint density at radius 3 is 2.04 bits per heavy atom. The van der Waals surface area contributed by atoms with Gasteiger partial charge in [0.2, 0.25) is 5.75 Å². The summed E-state index contributed by atoms with van der Waals surface area (Å²) in [6.07, 6.45) is 0. The highest BCUT2D eigenvalue weighted by Crippen LogP contribution is 2.40. The predicted octanol–water partition coefficient (Wildman–Crippen LogP) is 3.77. The smallest absolute Gasteiger partial charge is 0.326 e. The van der Waals surface area contributed by atoms with Crippen molar-refractivity contribution in [1.29, 1.82) is 0 Å². The molecular formula is C18H22N2O4. The second-order valence-electron chi connectivity index (χ2n) is 4.92. The molecule has 0 radical (unpaired) electrons. The van der Waals surface area contributed by atoms with E-state index >= 15 is 0 Å². The van der Waals surface area contributed by atoms with Gasteiger partial charge in [0.05, 0.1) is 27.0 Å². The summed E-state index contributed by atoms with van der Waals surface area (Å²) < 4.78 is 15.9. The highest BCUT2D eigenvalue weighted by atomic mass is 16.5. The number of hydrogen-bond acceptors (Lipinski definition) is 4. The first-order valence-corrected chi connectivity index (χ1v) is 7.58. The molecule has 6 heteroatoms. The van der Waals surface area contributed by atoms with Crippen molar-refractivity contribution in [2.45, 2.75) is 6.92 Å². The van der Waals surface area contributed by atoms with E-state index in [2.05, 4.69) is 5.32 Å². The molecule has 6 nitrogen and oxygen atoms in total. The molecule has 2 aromatic rings. The molecule has 0 saturated carbocycles. The molecule has 24 heavy (non-hydrogen) atoms. The van der Waals surface area contributed by atoms with Crippen LogP contribution in [0.15, 0.2) is 42.5 Å². The molecule has 0 aliphatic heterocycles. The molecule has 0 heterocycles. The van der Waals surface area contributed by atoms with Crippen LogP contribution in [0, 0.1) is 0 Å². The van der Waals surface area contributed by atoms with Gasteiger partial charge < -0.3 is 19.5 Å². The summed E-state index contributed by atoms with van der Waals surface area (Å²) in [6, 6.07) is 12.6. The Morgan fingerprint density at radius 2 is 1.58 bits per heavy atom. The number of urea groups is 1. The van der Waals surface area contributed by atoms with Crippen molar-refractivity contribution in [2.75, 3.05) is 38.1 Å². The highest BCUT2D eigenvalue weighted by Gasteiger charge is 2.17. The van der Waals surface area contributed by atoms with Crippen LogP contribution in [0.3, 0.4) is 0 Å². The van der Waals surface area contributed by atoms with Gasteiger partial charge in [-0.1, -0.05) is 18.2 Å². The molecule has 0 spiro atoms. The first kappa shape index (κ1) is 17.5. The Bertz CT molecular complexity index is 664. The maximum absolute atomic E-state index is 12.6. The first-order valence-electron chi connectivity index (χ1n) is 7.58. The monoisotopic (exact) mass is 330 g/mol. The molecule has 0 bridgehead atoms. The van der Waals surface area contributed by atoms with E-state index in [1.165, 1.54) is 21.3 Å². The fourth-order valence-electron chi connectivity index (χ4n) is 2.40. The topological polar surface area (TPSA) is 60.0 Å². The van der Waals surface area contributed by atoms with Crippen LogP contribution >= 0.6 is 0 Å². The summed E-state index contributed by atoms with van der Waals surface area (Å²) in [7, 11) is 4.60. The van der Waals surface area contributed by atoms with Crippen LogP contribution in [0.4, 0.5) is 16.2 Å². The van der Waals surface area contributed by atoms with E-state index in [-0.39, 0.29) is 6.03 Å². The molecule has 0 fully saturated rings. The number of carbonyl (C=O) groups excluding carboxylic acids is 1. The molecule has 1 N–H and O–H groups in total. The van der Waals surface area contributed by atoms with Gasteiger partial charge in [-0.25, -0.2) is 4.79 Å². The van der Waals surface area contributed by atoms with E-state index in [9.17, 15) is 4.79 Å². The minimum atomic E-state index is -0.238. The Hall–Kier alpha value is -2.89. The number of ether oxygens (including phenoxy) is 3. The molecule has 0 atom stereocenters. The summed E-state index contributed by atoms with van der Waals surface area (Å²) >= 11 is 0. The minimum absolute atomic E-state index is 0.238. The Kier molecular flexibility index (Phi) is 5.89. The van der Waals surface area contributed by atoms with Crippen molar-refractivity contribution in [2.24, 2.45) is 0 Å². The third-order valence-corrected chi connectivity index (χ3v) is 3.55. The van der Waals surface area contributed by atoms with Crippen LogP contribution < -0.4 is 24.4 Å². The van der Waals surface area contributed by atoms with Gasteiger partial charge in [0.25, 0.3) is 0 Å². The van der Waals surface area contributed by atoms with Gasteiger partial charge in [-0.05, 0) is 19.1 Å². The Morgan fingerprint density at radius 1 is 1.00 bits per heavy atom. The second kappa shape index (κ2) is 8.10. The zero-order valence-electron chi connectivity index (χ0n) is 14.3. The number of amides is 2. The third-order valence-electron chi connectivity index (χ3n) is 3.55. The molecule has 0 aliphatic rings. The molecular weight excluding hydrogens is 308 g/mol. The number of benzene rings is 2. The van der Waals surface area contributed by atoms with Crippen LogP contribution in [0.1, 0.15) is 6.92 Å². The van der Waals surface area contributed by atoms with Crippen LogP contribution in [-0.4, -0.2) is 33.9 Å². The fourth-order valence-corrected chi connectivity index (χ4v) is 2.40. The van der Waals surface area contributed by atoms with Crippen molar-refractivity contribution in [3.8, 4) is 17.2 Å². The quantitative estimate of drug-likeness (QED) is 0.876. The number of methoxy groups -OCH3 is 3. The van der Waals surface area contributed by atoms with Gasteiger partial charge in [0.1, 0.15) is 0 Å². The average Bonchev–Trinajstić information content (AvgIpc) is 2.62. The average molecular weight is 330 g/mol. The van der Waals surface area contributed by atoms with Crippen molar-refractivity contribution in [3.05, 3.63) is 42.5 Å². The van der Waals surface area contributed by atoms with E-state index in [1.54, 1.807) is 17.0 Å². The molecule has 128 valence electrons. The first-order chi connectivity index (χ1) is 11.6. The third kappa shape index (κ3) is 3.71. The van der Waals surface area contributed by atoms with E-state index in [0.717, 1.165) is 5.69 Å². The van der Waals surface area contributed by atoms with Gasteiger partial charge in [-0.3, -0.25) is 4.90 Å². The minimum Gasteiger partial charge on any atom is -0.493 e. The maximum atomic E-state index is 12.6. The number of para-hydroxylation sites is 1. The zero-order valence-corrected chi connectivity index (χ0v) is 14.3. The highest BCUT2D eigenvalue weighted by molar-refractivity contribution is 6.02. The summed E-state index contributed by atoms with van der Waals surface area (Å²) in [5.74, 6) is 1.44. The molecule has 0 saturated heterocycles. The molecule has 0 aromatic heterocycles. The lowest BCUT2D eigenvalue weighted by Crippen LogP contribution is -2.34. The van der Waals surface area contributed by atoms with Gasteiger partial charge in [0, 0.05) is 24.4 Å². The zero-order chi connectivity index (χ0) is 17.5. The molecule has 2 rings (SSSR count). The lowest BCUT2D eigenvalue weighted by molar-refractivity contribution is 0.257. The van der Waals surface area contributed by atoms with Crippen molar-refractivity contribution >= 4 is 17.4 Å². The van der Waals surface area contributed by atoms with Crippen molar-refractivity contribution in [3.63, 3.8) is 0 Å². The largest absolute Gasteiger partial charge is 0.493 e. The molecule has 2 aromatic carbocycles. The number of nitrogens with one attached hydrogen (secondary N) is 1. The van der Waals surface area contributed by atoms with Gasteiger partial charge in [-0.2, -0.15) is 0 Å². The number of rotatable bonds is 6. The van der Waals surface area contributed by atoms with Gasteiger partial charge in [-0.15, -0.1) is 0 Å². The van der Waals surface area contributed by atoms with E-state index in [0.29, 0.717) is 29.5 Å². The van der Waals surface area contributed by atoms with Gasteiger partial charge in [0.15, 0.2) is 11.5 Å². The van der Waals surface area contributed by atoms with E-state index in [4.69, 9.17) is 14.2 Å². The predicted molar refractivity (Wildman–Crippen MR) is 94.6 cm³/mol. The lowest BCUT2D eigenvalue weighted by Gasteiger charge is -2.22. The standard InChI is InChI=1S/C18H22N2O4/c1-5-20(14-9-7-6-8-10-14)18(21)19-13-11-15(22-2)17(24-4)16(12-13)23-3/h6-12H,5H2,1-4H3,(H,19,21). The van der Waals surface area contributed by atoms with Crippen LogP contribution in [0.2, 0.25) is 0 Å². The van der Waals surface area contributed by atoms with Crippen molar-refractivity contribution in [1.82, 2.24) is 0 Å². The fraction of sp³-hybridized carbons (Fsp3) is 0.278. The number of carbonyl (C=O) groups is 1. The Balaban J connectivity index is 2.28. The normalized spacial score (nSPS) is 10.0. The van der Waals surface area contributed by atoms with Crippen LogP contribution in [-0.2, 0) is 0 Å². The summed E-state index contributed by atoms with van der Waals surface area (Å²) in [5.41, 5.74) is 1.38. The molecule has 2 amide bonds. The number of anilines is 2. The van der Waals surface area contributed by atoms with Crippen molar-refractivity contribution < 1.29 is 19.0 Å². The Labute approximate surface area is 141 Å². The second-order valence-corrected chi connectivity index (χ2v) is 4.92. The number of hydrogen-bond donors (Lipinski definition) is 1. The molecule has 0 aliphatic carbocycles. The summed E-state index contributed by atoms with van der Waals surface area (Å²) in [5, 5.41) is 2.86. The van der Waals surface area contributed by atoms with Crippen LogP contribution in [0.25, 0.3) is 0 Å².